The molecule has 2 unspecified atom stereocenters. The number of aliphatic hydroxyl groups excluding tert-OH is 1. The molecule has 2 heterocycles. The molecule has 1 aromatic heterocycles. The molecule has 0 bridgehead atoms. The SMILES string of the molecule is CN1CCCC(c2nc(C(N)CO)cs2)C1. The molecule has 1 aliphatic rings. The molecule has 90 valence electrons. The summed E-state index contributed by atoms with van der Waals surface area (Å²) >= 11 is 1.67. The summed E-state index contributed by atoms with van der Waals surface area (Å²) in [5.41, 5.74) is 6.58. The third kappa shape index (κ3) is 2.60. The van der Waals surface area contributed by atoms with Gasteiger partial charge in [-0.05, 0) is 26.4 Å². The van der Waals surface area contributed by atoms with Crippen LogP contribution in [0.2, 0.25) is 0 Å². The molecular weight excluding hydrogens is 222 g/mol. The first kappa shape index (κ1) is 12.0. The quantitative estimate of drug-likeness (QED) is 0.827. The van der Waals surface area contributed by atoms with Gasteiger partial charge >= 0.3 is 0 Å². The molecule has 16 heavy (non-hydrogen) atoms. The summed E-state index contributed by atoms with van der Waals surface area (Å²) < 4.78 is 0. The Bertz CT molecular complexity index is 342. The van der Waals surface area contributed by atoms with Gasteiger partial charge in [-0.15, -0.1) is 11.3 Å². The minimum Gasteiger partial charge on any atom is -0.394 e. The van der Waals surface area contributed by atoms with Crippen molar-refractivity contribution in [1.29, 1.82) is 0 Å². The fraction of sp³-hybridized carbons (Fsp3) is 0.727. The molecule has 0 aromatic carbocycles. The van der Waals surface area contributed by atoms with Gasteiger partial charge in [0.2, 0.25) is 0 Å². The Kier molecular flexibility index (Phi) is 3.91. The maximum atomic E-state index is 8.98. The number of nitrogens with two attached hydrogens (primary N) is 1. The molecule has 0 radical (unpaired) electrons. The van der Waals surface area contributed by atoms with Crippen LogP contribution in [0.1, 0.15) is 35.5 Å². The number of likely N-dealkylation sites (N-methyl/N-ethyl adjacent to an activating group) is 1. The highest BCUT2D eigenvalue weighted by molar-refractivity contribution is 7.09. The molecule has 3 N–H and O–H groups in total. The first-order valence-corrected chi connectivity index (χ1v) is 6.59. The van der Waals surface area contributed by atoms with E-state index >= 15 is 0 Å². The second-order valence-corrected chi connectivity index (χ2v) is 5.39. The molecule has 2 atom stereocenters. The van der Waals surface area contributed by atoms with Crippen molar-refractivity contribution in [3.8, 4) is 0 Å². The van der Waals surface area contributed by atoms with Gasteiger partial charge in [-0.3, -0.25) is 0 Å². The highest BCUT2D eigenvalue weighted by Gasteiger charge is 2.22. The van der Waals surface area contributed by atoms with Crippen molar-refractivity contribution in [1.82, 2.24) is 9.88 Å². The smallest absolute Gasteiger partial charge is 0.0972 e. The zero-order valence-electron chi connectivity index (χ0n) is 9.59. The molecule has 2 rings (SSSR count). The van der Waals surface area contributed by atoms with Crippen molar-refractivity contribution in [3.63, 3.8) is 0 Å². The van der Waals surface area contributed by atoms with E-state index in [9.17, 15) is 0 Å². The summed E-state index contributed by atoms with van der Waals surface area (Å²) in [6.45, 7) is 2.24. The van der Waals surface area contributed by atoms with Crippen molar-refractivity contribution in [2.24, 2.45) is 5.73 Å². The van der Waals surface area contributed by atoms with Crippen molar-refractivity contribution >= 4 is 11.3 Å². The standard InChI is InChI=1S/C11H19N3OS/c1-14-4-2-3-8(5-14)11-13-10(7-16-11)9(12)6-15/h7-9,15H,2-6,12H2,1H3. The number of aromatic nitrogens is 1. The minimum atomic E-state index is -0.327. The van der Waals surface area contributed by atoms with E-state index in [-0.39, 0.29) is 12.6 Å². The maximum absolute atomic E-state index is 8.98. The Balaban J connectivity index is 2.06. The summed E-state index contributed by atoms with van der Waals surface area (Å²) in [7, 11) is 2.15. The van der Waals surface area contributed by atoms with Gasteiger partial charge in [0.15, 0.2) is 0 Å². The molecule has 1 fully saturated rings. The molecule has 0 saturated carbocycles. The summed E-state index contributed by atoms with van der Waals surface area (Å²) in [6.07, 6.45) is 2.45. The number of aliphatic hydroxyl groups is 1. The summed E-state index contributed by atoms with van der Waals surface area (Å²) in [5.74, 6) is 0.545. The fourth-order valence-corrected chi connectivity index (χ4v) is 3.13. The number of rotatable bonds is 3. The zero-order valence-corrected chi connectivity index (χ0v) is 10.4. The molecule has 1 saturated heterocycles. The van der Waals surface area contributed by atoms with Gasteiger partial charge in [-0.25, -0.2) is 4.98 Å². The average molecular weight is 241 g/mol. The number of nitrogens with zero attached hydrogens (tertiary/aromatic N) is 2. The highest BCUT2D eigenvalue weighted by atomic mass is 32.1. The highest BCUT2D eigenvalue weighted by Crippen LogP contribution is 2.29. The topological polar surface area (TPSA) is 62.4 Å². The molecule has 0 aliphatic carbocycles. The van der Waals surface area contributed by atoms with E-state index < -0.39 is 0 Å². The van der Waals surface area contributed by atoms with Crippen molar-refractivity contribution in [2.75, 3.05) is 26.7 Å². The van der Waals surface area contributed by atoms with Gasteiger partial charge < -0.3 is 15.7 Å². The van der Waals surface area contributed by atoms with Gasteiger partial charge in [-0.2, -0.15) is 0 Å². The van der Waals surface area contributed by atoms with Crippen molar-refractivity contribution in [2.45, 2.75) is 24.8 Å². The second kappa shape index (κ2) is 5.23. The van der Waals surface area contributed by atoms with Crippen LogP contribution in [0.5, 0.6) is 0 Å². The Morgan fingerprint density at radius 2 is 2.56 bits per heavy atom. The normalized spacial score (nSPS) is 24.6. The first-order chi connectivity index (χ1) is 7.70. The van der Waals surface area contributed by atoms with E-state index in [0.29, 0.717) is 5.92 Å². The predicted octanol–water partition coefficient (Wildman–Crippen LogP) is 0.944. The number of hydrogen-bond acceptors (Lipinski definition) is 5. The van der Waals surface area contributed by atoms with Crippen LogP contribution in [0.25, 0.3) is 0 Å². The third-order valence-electron chi connectivity index (χ3n) is 3.09. The zero-order chi connectivity index (χ0) is 11.5. The third-order valence-corrected chi connectivity index (χ3v) is 4.12. The molecule has 5 heteroatoms. The van der Waals surface area contributed by atoms with E-state index in [0.717, 1.165) is 12.2 Å². The molecule has 4 nitrogen and oxygen atoms in total. The molecule has 1 aliphatic heterocycles. The predicted molar refractivity (Wildman–Crippen MR) is 65.6 cm³/mol. The largest absolute Gasteiger partial charge is 0.394 e. The van der Waals surface area contributed by atoms with Gasteiger partial charge in [0.05, 0.1) is 23.4 Å². The lowest BCUT2D eigenvalue weighted by atomic mass is 9.99. The lowest BCUT2D eigenvalue weighted by Crippen LogP contribution is -2.30. The average Bonchev–Trinajstić information content (AvgIpc) is 2.77. The fourth-order valence-electron chi connectivity index (χ4n) is 2.12. The van der Waals surface area contributed by atoms with E-state index in [2.05, 4.69) is 16.9 Å². The van der Waals surface area contributed by atoms with Gasteiger partial charge in [0.25, 0.3) is 0 Å². The number of hydrogen-bond donors (Lipinski definition) is 2. The lowest BCUT2D eigenvalue weighted by molar-refractivity contribution is 0.249. The van der Waals surface area contributed by atoms with Crippen LogP contribution >= 0.6 is 11.3 Å². The lowest BCUT2D eigenvalue weighted by Gasteiger charge is -2.28. The van der Waals surface area contributed by atoms with Crippen LogP contribution < -0.4 is 5.73 Å². The van der Waals surface area contributed by atoms with E-state index in [1.165, 1.54) is 24.4 Å². The number of thiazole rings is 1. The number of likely N-dealkylation sites (tertiary alicyclic amines) is 1. The van der Waals surface area contributed by atoms with E-state index in [4.69, 9.17) is 10.8 Å². The van der Waals surface area contributed by atoms with Crippen molar-refractivity contribution < 1.29 is 5.11 Å². The summed E-state index contributed by atoms with van der Waals surface area (Å²) in [5, 5.41) is 12.1. The molecule has 0 spiro atoms. The first-order valence-electron chi connectivity index (χ1n) is 5.71. The minimum absolute atomic E-state index is 0.0340. The maximum Gasteiger partial charge on any atom is 0.0972 e. The van der Waals surface area contributed by atoms with Crippen LogP contribution in [0.15, 0.2) is 5.38 Å². The van der Waals surface area contributed by atoms with Gasteiger partial charge in [-0.1, -0.05) is 0 Å². The van der Waals surface area contributed by atoms with Crippen LogP contribution in [0, 0.1) is 0 Å². The van der Waals surface area contributed by atoms with Crippen molar-refractivity contribution in [3.05, 3.63) is 16.1 Å². The molecular formula is C11H19N3OS. The Labute approximate surface area is 100 Å². The number of piperidine rings is 1. The van der Waals surface area contributed by atoms with Gasteiger partial charge in [0.1, 0.15) is 0 Å². The Morgan fingerprint density at radius 3 is 3.25 bits per heavy atom. The van der Waals surface area contributed by atoms with Crippen LogP contribution in [0.4, 0.5) is 0 Å². The molecule has 1 aromatic rings. The summed E-state index contributed by atoms with van der Waals surface area (Å²) in [6, 6.07) is -0.327. The monoisotopic (exact) mass is 241 g/mol. The van der Waals surface area contributed by atoms with Gasteiger partial charge in [0, 0.05) is 17.8 Å². The van der Waals surface area contributed by atoms with E-state index in [1.807, 2.05) is 5.38 Å². The van der Waals surface area contributed by atoms with Crippen LogP contribution in [-0.4, -0.2) is 41.7 Å². The second-order valence-electron chi connectivity index (χ2n) is 4.50. The van der Waals surface area contributed by atoms with Crippen LogP contribution in [-0.2, 0) is 0 Å². The van der Waals surface area contributed by atoms with E-state index in [1.54, 1.807) is 11.3 Å². The Morgan fingerprint density at radius 1 is 1.75 bits per heavy atom. The Hall–Kier alpha value is -0.490. The molecule has 0 amide bonds. The van der Waals surface area contributed by atoms with Crippen LogP contribution in [0.3, 0.4) is 0 Å². The summed E-state index contributed by atoms with van der Waals surface area (Å²) in [4.78, 5) is 6.89.